The molecule has 1 aromatic heterocycles. The third-order valence-electron chi connectivity index (χ3n) is 3.46. The fraction of sp³-hybridized carbons (Fsp3) is 0.312. The van der Waals surface area contributed by atoms with Crippen LogP contribution in [0.3, 0.4) is 0 Å². The predicted octanol–water partition coefficient (Wildman–Crippen LogP) is 2.76. The summed E-state index contributed by atoms with van der Waals surface area (Å²) in [5, 5.41) is 0. The molecule has 2 aromatic rings. The van der Waals surface area contributed by atoms with Gasteiger partial charge in [-0.1, -0.05) is 18.2 Å². The number of para-hydroxylation sites is 1. The summed E-state index contributed by atoms with van der Waals surface area (Å²) < 4.78 is 19.1. The maximum absolute atomic E-state index is 14.0. The van der Waals surface area contributed by atoms with Crippen LogP contribution < -0.4 is 15.4 Å². The van der Waals surface area contributed by atoms with Gasteiger partial charge in [0.2, 0.25) is 5.88 Å². The number of aromatic nitrogens is 1. The van der Waals surface area contributed by atoms with Crippen LogP contribution in [0.4, 0.5) is 10.1 Å². The average Bonchev–Trinajstić information content (AvgIpc) is 2.54. The molecular formula is C16H20FN3O. The van der Waals surface area contributed by atoms with Crippen molar-refractivity contribution in [3.05, 3.63) is 54.0 Å². The van der Waals surface area contributed by atoms with E-state index in [0.717, 1.165) is 5.56 Å². The summed E-state index contributed by atoms with van der Waals surface area (Å²) in [6.07, 6.45) is 1.72. The zero-order valence-corrected chi connectivity index (χ0v) is 12.3. The molecule has 112 valence electrons. The number of hydrogen-bond donors (Lipinski definition) is 1. The summed E-state index contributed by atoms with van der Waals surface area (Å²) >= 11 is 0. The van der Waals surface area contributed by atoms with Crippen LogP contribution in [0.5, 0.6) is 5.88 Å². The van der Waals surface area contributed by atoms with Crippen LogP contribution in [0.25, 0.3) is 0 Å². The first kappa shape index (κ1) is 15.3. The number of nitrogens with zero attached hydrogens (tertiary/aromatic N) is 2. The molecule has 1 unspecified atom stereocenters. The summed E-state index contributed by atoms with van der Waals surface area (Å²) in [7, 11) is 1.57. The molecule has 0 aliphatic rings. The van der Waals surface area contributed by atoms with Crippen molar-refractivity contribution in [3.8, 4) is 5.88 Å². The second-order valence-corrected chi connectivity index (χ2v) is 4.62. The number of nitrogens with two attached hydrogens (primary N) is 1. The van der Waals surface area contributed by atoms with Crippen molar-refractivity contribution in [1.29, 1.82) is 0 Å². The molecule has 2 rings (SSSR count). The Balaban J connectivity index is 2.35. The molecule has 0 bridgehead atoms. The number of benzene rings is 1. The normalized spacial score (nSPS) is 12.0. The second-order valence-electron chi connectivity index (χ2n) is 4.62. The smallest absolute Gasteiger partial charge is 0.212 e. The lowest BCUT2D eigenvalue weighted by Crippen LogP contribution is -2.34. The first-order valence-corrected chi connectivity index (χ1v) is 6.92. The van der Waals surface area contributed by atoms with Gasteiger partial charge in [0.1, 0.15) is 5.82 Å². The lowest BCUT2D eigenvalue weighted by molar-refractivity contribution is 0.397. The van der Waals surface area contributed by atoms with Crippen LogP contribution in [-0.4, -0.2) is 25.2 Å². The molecule has 0 aliphatic heterocycles. The van der Waals surface area contributed by atoms with E-state index >= 15 is 0 Å². The minimum Gasteiger partial charge on any atom is -0.481 e. The standard InChI is InChI=1S/C16H20FN3O/c1-3-20(14-7-5-4-6-13(14)17)15(10-18)12-8-9-16(21-2)19-11-12/h4-9,11,15H,3,10,18H2,1-2H3. The van der Waals surface area contributed by atoms with Crippen LogP contribution >= 0.6 is 0 Å². The van der Waals surface area contributed by atoms with Gasteiger partial charge in [-0.15, -0.1) is 0 Å². The molecule has 21 heavy (non-hydrogen) atoms. The predicted molar refractivity (Wildman–Crippen MR) is 82.0 cm³/mol. The van der Waals surface area contributed by atoms with E-state index in [2.05, 4.69) is 4.98 Å². The Bertz CT molecular complexity index is 574. The van der Waals surface area contributed by atoms with E-state index in [1.54, 1.807) is 31.5 Å². The third-order valence-corrected chi connectivity index (χ3v) is 3.46. The zero-order chi connectivity index (χ0) is 15.2. The molecule has 4 nitrogen and oxygen atoms in total. The van der Waals surface area contributed by atoms with Crippen molar-refractivity contribution >= 4 is 5.69 Å². The first-order chi connectivity index (χ1) is 10.2. The van der Waals surface area contributed by atoms with Gasteiger partial charge in [-0.2, -0.15) is 0 Å². The van der Waals surface area contributed by atoms with E-state index in [9.17, 15) is 4.39 Å². The van der Waals surface area contributed by atoms with Crippen molar-refractivity contribution in [2.24, 2.45) is 5.73 Å². The minimum absolute atomic E-state index is 0.134. The number of methoxy groups -OCH3 is 1. The summed E-state index contributed by atoms with van der Waals surface area (Å²) in [6.45, 7) is 3.00. The molecule has 0 radical (unpaired) electrons. The van der Waals surface area contributed by atoms with Crippen LogP contribution in [0.15, 0.2) is 42.6 Å². The Hall–Kier alpha value is -2.14. The fourth-order valence-corrected chi connectivity index (χ4v) is 2.40. The summed E-state index contributed by atoms with van der Waals surface area (Å²) in [6, 6.07) is 10.3. The van der Waals surface area contributed by atoms with Crippen LogP contribution in [-0.2, 0) is 0 Å². The van der Waals surface area contributed by atoms with Crippen molar-refractivity contribution in [2.45, 2.75) is 13.0 Å². The molecule has 0 spiro atoms. The molecule has 0 amide bonds. The Labute approximate surface area is 124 Å². The van der Waals surface area contributed by atoms with Crippen molar-refractivity contribution in [1.82, 2.24) is 4.98 Å². The van der Waals surface area contributed by atoms with E-state index < -0.39 is 0 Å². The Morgan fingerprint density at radius 1 is 1.29 bits per heavy atom. The maximum atomic E-state index is 14.0. The largest absolute Gasteiger partial charge is 0.481 e. The van der Waals surface area contributed by atoms with Gasteiger partial charge in [-0.05, 0) is 24.6 Å². The number of likely N-dealkylation sites (N-methyl/N-ethyl adjacent to an activating group) is 1. The van der Waals surface area contributed by atoms with Gasteiger partial charge in [0.05, 0.1) is 18.8 Å². The minimum atomic E-state index is -0.251. The quantitative estimate of drug-likeness (QED) is 0.888. The molecule has 2 N–H and O–H groups in total. The van der Waals surface area contributed by atoms with Gasteiger partial charge in [-0.3, -0.25) is 0 Å². The Morgan fingerprint density at radius 3 is 2.57 bits per heavy atom. The molecule has 0 fully saturated rings. The number of rotatable bonds is 6. The highest BCUT2D eigenvalue weighted by atomic mass is 19.1. The number of pyridine rings is 1. The summed E-state index contributed by atoms with van der Waals surface area (Å²) in [5.41, 5.74) is 7.40. The zero-order valence-electron chi connectivity index (χ0n) is 12.3. The molecule has 5 heteroatoms. The molecule has 0 saturated heterocycles. The van der Waals surface area contributed by atoms with Crippen LogP contribution in [0, 0.1) is 5.82 Å². The van der Waals surface area contributed by atoms with Gasteiger partial charge in [0.25, 0.3) is 0 Å². The summed E-state index contributed by atoms with van der Waals surface area (Å²) in [5.74, 6) is 0.294. The molecule has 1 atom stereocenters. The number of halogens is 1. The highest BCUT2D eigenvalue weighted by Crippen LogP contribution is 2.28. The van der Waals surface area contributed by atoms with E-state index in [-0.39, 0.29) is 11.9 Å². The monoisotopic (exact) mass is 289 g/mol. The van der Waals surface area contributed by atoms with Gasteiger partial charge < -0.3 is 15.4 Å². The average molecular weight is 289 g/mol. The van der Waals surface area contributed by atoms with Gasteiger partial charge in [0.15, 0.2) is 0 Å². The number of ether oxygens (including phenoxy) is 1. The van der Waals surface area contributed by atoms with Gasteiger partial charge in [-0.25, -0.2) is 9.37 Å². The Kier molecular flexibility index (Phi) is 5.11. The molecular weight excluding hydrogens is 269 g/mol. The SMILES string of the molecule is CCN(c1ccccc1F)C(CN)c1ccc(OC)nc1. The highest BCUT2D eigenvalue weighted by molar-refractivity contribution is 5.50. The molecule has 0 saturated carbocycles. The lowest BCUT2D eigenvalue weighted by Gasteiger charge is -2.32. The Morgan fingerprint density at radius 2 is 2.05 bits per heavy atom. The van der Waals surface area contributed by atoms with Crippen molar-refractivity contribution in [2.75, 3.05) is 25.1 Å². The second kappa shape index (κ2) is 7.04. The van der Waals surface area contributed by atoms with Crippen molar-refractivity contribution < 1.29 is 9.13 Å². The summed E-state index contributed by atoms with van der Waals surface area (Å²) in [4.78, 5) is 6.14. The lowest BCUT2D eigenvalue weighted by atomic mass is 10.1. The molecule has 0 aliphatic carbocycles. The maximum Gasteiger partial charge on any atom is 0.212 e. The first-order valence-electron chi connectivity index (χ1n) is 6.92. The van der Waals surface area contributed by atoms with E-state index in [4.69, 9.17) is 10.5 Å². The molecule has 1 aromatic carbocycles. The number of anilines is 1. The van der Waals surface area contributed by atoms with Crippen molar-refractivity contribution in [3.63, 3.8) is 0 Å². The topological polar surface area (TPSA) is 51.4 Å². The fourth-order valence-electron chi connectivity index (χ4n) is 2.40. The van der Waals surface area contributed by atoms with Gasteiger partial charge >= 0.3 is 0 Å². The van der Waals surface area contributed by atoms with E-state index in [1.165, 1.54) is 6.07 Å². The number of hydrogen-bond acceptors (Lipinski definition) is 4. The van der Waals surface area contributed by atoms with Crippen LogP contribution in [0.2, 0.25) is 0 Å². The van der Waals surface area contributed by atoms with Gasteiger partial charge in [0, 0.05) is 25.4 Å². The van der Waals surface area contributed by atoms with E-state index in [1.807, 2.05) is 24.0 Å². The third kappa shape index (κ3) is 3.31. The molecule has 1 heterocycles. The highest BCUT2D eigenvalue weighted by Gasteiger charge is 2.21. The van der Waals surface area contributed by atoms with E-state index in [0.29, 0.717) is 24.7 Å². The van der Waals surface area contributed by atoms with Crippen LogP contribution in [0.1, 0.15) is 18.5 Å².